The molecule has 5 heteroatoms. The van der Waals surface area contributed by atoms with E-state index in [4.69, 9.17) is 0 Å². The molecule has 1 fully saturated rings. The van der Waals surface area contributed by atoms with Crippen molar-refractivity contribution < 1.29 is 4.79 Å². The number of aromatic nitrogens is 2. The zero-order chi connectivity index (χ0) is 13.8. The van der Waals surface area contributed by atoms with Crippen LogP contribution in [-0.4, -0.2) is 35.5 Å². The lowest BCUT2D eigenvalue weighted by Crippen LogP contribution is -2.33. The second kappa shape index (κ2) is 6.05. The molecule has 1 aliphatic heterocycles. The zero-order valence-corrected chi connectivity index (χ0v) is 11.5. The summed E-state index contributed by atoms with van der Waals surface area (Å²) in [4.78, 5) is 19.3. The van der Waals surface area contributed by atoms with E-state index in [1.54, 1.807) is 6.33 Å². The predicted octanol–water partition coefficient (Wildman–Crippen LogP) is 1.68. The number of carbonyl (C=O) groups excluding carboxylic acids is 1. The lowest BCUT2D eigenvalue weighted by atomic mass is 9.96. The minimum absolute atomic E-state index is 0.00901. The molecule has 1 saturated heterocycles. The molecule has 3 rings (SSSR count). The Balaban J connectivity index is 1.53. The van der Waals surface area contributed by atoms with Crippen molar-refractivity contribution in [3.63, 3.8) is 0 Å². The van der Waals surface area contributed by atoms with Crippen molar-refractivity contribution in [1.29, 1.82) is 0 Å². The van der Waals surface area contributed by atoms with Crippen molar-refractivity contribution in [3.05, 3.63) is 30.1 Å². The Labute approximate surface area is 118 Å². The highest BCUT2D eigenvalue weighted by molar-refractivity contribution is 5.97. The van der Waals surface area contributed by atoms with E-state index in [-0.39, 0.29) is 5.91 Å². The molecule has 0 spiro atoms. The van der Waals surface area contributed by atoms with Crippen LogP contribution < -0.4 is 10.6 Å². The summed E-state index contributed by atoms with van der Waals surface area (Å²) < 4.78 is 0. The van der Waals surface area contributed by atoms with E-state index >= 15 is 0 Å². The van der Waals surface area contributed by atoms with Gasteiger partial charge >= 0.3 is 0 Å². The number of benzene rings is 1. The second-order valence-electron chi connectivity index (χ2n) is 5.39. The van der Waals surface area contributed by atoms with E-state index in [0.717, 1.165) is 37.1 Å². The number of carbonyl (C=O) groups is 1. The third-order valence-corrected chi connectivity index (χ3v) is 3.92. The van der Waals surface area contributed by atoms with Gasteiger partial charge in [0.1, 0.15) is 0 Å². The predicted molar refractivity (Wildman–Crippen MR) is 78.6 cm³/mol. The van der Waals surface area contributed by atoms with Crippen LogP contribution in [0.3, 0.4) is 0 Å². The fourth-order valence-corrected chi connectivity index (χ4v) is 2.74. The molecule has 1 aliphatic rings. The van der Waals surface area contributed by atoms with Gasteiger partial charge in [-0.05, 0) is 56.5 Å². The van der Waals surface area contributed by atoms with Crippen LogP contribution in [0.4, 0.5) is 0 Å². The van der Waals surface area contributed by atoms with E-state index in [1.807, 2.05) is 18.2 Å². The molecular weight excluding hydrogens is 252 g/mol. The second-order valence-corrected chi connectivity index (χ2v) is 5.39. The Morgan fingerprint density at radius 1 is 1.45 bits per heavy atom. The molecule has 0 saturated carbocycles. The molecule has 1 aromatic carbocycles. The van der Waals surface area contributed by atoms with E-state index in [1.165, 1.54) is 12.8 Å². The van der Waals surface area contributed by atoms with E-state index in [0.29, 0.717) is 11.5 Å². The van der Waals surface area contributed by atoms with Crippen molar-refractivity contribution in [1.82, 2.24) is 20.6 Å². The highest BCUT2D eigenvalue weighted by Gasteiger charge is 2.13. The van der Waals surface area contributed by atoms with Crippen LogP contribution in [0.1, 0.15) is 29.6 Å². The molecule has 1 amide bonds. The van der Waals surface area contributed by atoms with E-state index < -0.39 is 0 Å². The first-order valence-electron chi connectivity index (χ1n) is 7.25. The van der Waals surface area contributed by atoms with Crippen molar-refractivity contribution in [2.24, 2.45) is 5.92 Å². The monoisotopic (exact) mass is 272 g/mol. The molecule has 106 valence electrons. The number of fused-ring (bicyclic) bond motifs is 1. The van der Waals surface area contributed by atoms with Crippen molar-refractivity contribution in [2.45, 2.75) is 19.3 Å². The van der Waals surface area contributed by atoms with Crippen molar-refractivity contribution in [3.8, 4) is 0 Å². The highest BCUT2D eigenvalue weighted by atomic mass is 16.1. The lowest BCUT2D eigenvalue weighted by molar-refractivity contribution is 0.0951. The quantitative estimate of drug-likeness (QED) is 0.793. The number of aromatic amines is 1. The number of nitrogens with zero attached hydrogens (tertiary/aromatic N) is 1. The Bertz CT molecular complexity index is 586. The maximum Gasteiger partial charge on any atom is 0.251 e. The number of hydrogen-bond acceptors (Lipinski definition) is 3. The largest absolute Gasteiger partial charge is 0.352 e. The average molecular weight is 272 g/mol. The summed E-state index contributed by atoms with van der Waals surface area (Å²) in [6.45, 7) is 2.95. The Morgan fingerprint density at radius 2 is 2.40 bits per heavy atom. The minimum Gasteiger partial charge on any atom is -0.352 e. The number of amides is 1. The van der Waals surface area contributed by atoms with Crippen LogP contribution in [-0.2, 0) is 0 Å². The standard InChI is InChI=1S/C15H20N4O/c20-15(17-7-5-11-2-1-6-16-9-11)12-3-4-13-14(8-12)19-10-18-13/h3-4,8,10-11,16H,1-2,5-7,9H2,(H,17,20)(H,18,19). The molecular formula is C15H20N4O. The number of piperidine rings is 1. The molecule has 20 heavy (non-hydrogen) atoms. The number of rotatable bonds is 4. The Hall–Kier alpha value is -1.88. The zero-order valence-electron chi connectivity index (χ0n) is 11.5. The third kappa shape index (κ3) is 2.99. The van der Waals surface area contributed by atoms with Crippen LogP contribution in [0.15, 0.2) is 24.5 Å². The summed E-state index contributed by atoms with van der Waals surface area (Å²) >= 11 is 0. The van der Waals surface area contributed by atoms with Gasteiger partial charge in [0.05, 0.1) is 17.4 Å². The minimum atomic E-state index is -0.00901. The van der Waals surface area contributed by atoms with Crippen LogP contribution in [0, 0.1) is 5.92 Å². The van der Waals surface area contributed by atoms with Gasteiger partial charge in [0.2, 0.25) is 0 Å². The van der Waals surface area contributed by atoms with Gasteiger partial charge in [-0.2, -0.15) is 0 Å². The molecule has 2 aromatic rings. The summed E-state index contributed by atoms with van der Waals surface area (Å²) in [6, 6.07) is 5.53. The normalized spacial score (nSPS) is 19.1. The molecule has 5 nitrogen and oxygen atoms in total. The molecule has 1 aromatic heterocycles. The first-order chi connectivity index (χ1) is 9.83. The van der Waals surface area contributed by atoms with Crippen LogP contribution >= 0.6 is 0 Å². The summed E-state index contributed by atoms with van der Waals surface area (Å²) in [5, 5.41) is 6.40. The number of hydrogen-bond donors (Lipinski definition) is 3. The average Bonchev–Trinajstić information content (AvgIpc) is 2.95. The summed E-state index contributed by atoms with van der Waals surface area (Å²) in [6.07, 6.45) is 5.20. The smallest absolute Gasteiger partial charge is 0.251 e. The van der Waals surface area contributed by atoms with Crippen molar-refractivity contribution in [2.75, 3.05) is 19.6 Å². The van der Waals surface area contributed by atoms with Gasteiger partial charge in [-0.3, -0.25) is 4.79 Å². The maximum absolute atomic E-state index is 12.1. The first-order valence-corrected chi connectivity index (χ1v) is 7.25. The van der Waals surface area contributed by atoms with Crippen LogP contribution in [0.25, 0.3) is 11.0 Å². The molecule has 2 heterocycles. The van der Waals surface area contributed by atoms with Gasteiger partial charge in [-0.15, -0.1) is 0 Å². The van der Waals surface area contributed by atoms with E-state index in [2.05, 4.69) is 20.6 Å². The van der Waals surface area contributed by atoms with Gasteiger partial charge in [0.15, 0.2) is 0 Å². The third-order valence-electron chi connectivity index (χ3n) is 3.92. The first kappa shape index (κ1) is 13.1. The fourth-order valence-electron chi connectivity index (χ4n) is 2.74. The number of nitrogens with one attached hydrogen (secondary N) is 3. The van der Waals surface area contributed by atoms with Gasteiger partial charge in [-0.1, -0.05) is 0 Å². The topological polar surface area (TPSA) is 69.8 Å². The fraction of sp³-hybridized carbons (Fsp3) is 0.467. The van der Waals surface area contributed by atoms with Crippen LogP contribution in [0.5, 0.6) is 0 Å². The van der Waals surface area contributed by atoms with E-state index in [9.17, 15) is 4.79 Å². The summed E-state index contributed by atoms with van der Waals surface area (Å²) in [5.74, 6) is 0.685. The molecule has 0 bridgehead atoms. The molecule has 3 N–H and O–H groups in total. The van der Waals surface area contributed by atoms with Gasteiger partial charge in [0.25, 0.3) is 5.91 Å². The van der Waals surface area contributed by atoms with Gasteiger partial charge in [-0.25, -0.2) is 4.98 Å². The molecule has 1 atom stereocenters. The summed E-state index contributed by atoms with van der Waals surface area (Å²) in [7, 11) is 0. The lowest BCUT2D eigenvalue weighted by Gasteiger charge is -2.22. The molecule has 0 aliphatic carbocycles. The Kier molecular flexibility index (Phi) is 3.97. The van der Waals surface area contributed by atoms with Crippen molar-refractivity contribution >= 4 is 16.9 Å². The highest BCUT2D eigenvalue weighted by Crippen LogP contribution is 2.14. The maximum atomic E-state index is 12.1. The molecule has 1 unspecified atom stereocenters. The summed E-state index contributed by atoms with van der Waals surface area (Å²) in [5.41, 5.74) is 2.47. The van der Waals surface area contributed by atoms with Gasteiger partial charge in [0, 0.05) is 12.1 Å². The van der Waals surface area contributed by atoms with Crippen LogP contribution in [0.2, 0.25) is 0 Å². The van der Waals surface area contributed by atoms with Gasteiger partial charge < -0.3 is 15.6 Å². The molecule has 0 radical (unpaired) electrons. The number of H-pyrrole nitrogens is 1. The number of imidazole rings is 1. The SMILES string of the molecule is O=C(NCCC1CCCNC1)c1ccc2nc[nH]c2c1. The Morgan fingerprint density at radius 3 is 3.25 bits per heavy atom.